The average Bonchev–Trinajstić information content (AvgIpc) is 1.87. The van der Waals surface area contributed by atoms with E-state index in [1.807, 2.05) is 0 Å². The first-order chi connectivity index (χ1) is 5.12. The molecule has 0 aliphatic carbocycles. The molecule has 68 valence electrons. The summed E-state index contributed by atoms with van der Waals surface area (Å²) >= 11 is 0. The summed E-state index contributed by atoms with van der Waals surface area (Å²) < 4.78 is 5.07. The van der Waals surface area contributed by atoms with E-state index in [1.54, 1.807) is 7.11 Å². The van der Waals surface area contributed by atoms with Gasteiger partial charge in [0, 0.05) is 12.6 Å². The van der Waals surface area contributed by atoms with Crippen LogP contribution in [0.25, 0.3) is 0 Å². The van der Waals surface area contributed by atoms with Crippen LogP contribution in [0.2, 0.25) is 0 Å². The molecule has 0 aliphatic heterocycles. The van der Waals surface area contributed by atoms with Gasteiger partial charge in [-0.1, -0.05) is 13.3 Å². The Morgan fingerprint density at radius 1 is 1.36 bits per heavy atom. The molecule has 2 heteroatoms. The Kier molecular flexibility index (Phi) is 5.51. The van der Waals surface area contributed by atoms with Crippen molar-refractivity contribution in [1.29, 1.82) is 0 Å². The molecule has 11 heavy (non-hydrogen) atoms. The molecule has 0 atom stereocenters. The van der Waals surface area contributed by atoms with Crippen LogP contribution in [0.15, 0.2) is 0 Å². The van der Waals surface area contributed by atoms with Gasteiger partial charge in [-0.2, -0.15) is 0 Å². The maximum Gasteiger partial charge on any atom is 0.0639 e. The van der Waals surface area contributed by atoms with E-state index in [0.29, 0.717) is 0 Å². The van der Waals surface area contributed by atoms with Crippen molar-refractivity contribution in [2.45, 2.75) is 39.2 Å². The van der Waals surface area contributed by atoms with Gasteiger partial charge >= 0.3 is 0 Å². The number of ether oxygens (including phenoxy) is 1. The molecule has 1 N–H and O–H groups in total. The van der Waals surface area contributed by atoms with Gasteiger partial charge in [-0.25, -0.2) is 0 Å². The van der Waals surface area contributed by atoms with E-state index >= 15 is 0 Å². The first kappa shape index (κ1) is 10.9. The summed E-state index contributed by atoms with van der Waals surface area (Å²) in [6.07, 6.45) is 2.49. The molecular weight excluding hydrogens is 138 g/mol. The van der Waals surface area contributed by atoms with Gasteiger partial charge in [0.05, 0.1) is 6.61 Å². The highest BCUT2D eigenvalue weighted by atomic mass is 16.5. The SMILES string of the molecule is CCCCNC(C)(C)COC. The fraction of sp³-hybridized carbons (Fsp3) is 1.00. The van der Waals surface area contributed by atoms with Crippen molar-refractivity contribution < 1.29 is 4.74 Å². The zero-order chi connectivity index (χ0) is 8.74. The van der Waals surface area contributed by atoms with Crippen molar-refractivity contribution in [1.82, 2.24) is 5.32 Å². The second-order valence-electron chi connectivity index (χ2n) is 3.60. The van der Waals surface area contributed by atoms with Gasteiger partial charge in [-0.05, 0) is 26.8 Å². The summed E-state index contributed by atoms with van der Waals surface area (Å²) in [5.74, 6) is 0. The lowest BCUT2D eigenvalue weighted by Gasteiger charge is -2.25. The van der Waals surface area contributed by atoms with Crippen LogP contribution in [0.5, 0.6) is 0 Å². The first-order valence-corrected chi connectivity index (χ1v) is 4.36. The standard InChI is InChI=1S/C9H21NO/c1-5-6-7-10-9(2,3)8-11-4/h10H,5-8H2,1-4H3. The highest BCUT2D eigenvalue weighted by molar-refractivity contribution is 4.76. The van der Waals surface area contributed by atoms with Gasteiger partial charge in [-0.3, -0.25) is 0 Å². The van der Waals surface area contributed by atoms with E-state index in [4.69, 9.17) is 4.74 Å². The molecule has 0 aromatic carbocycles. The molecule has 0 aromatic heterocycles. The van der Waals surface area contributed by atoms with Crippen LogP contribution in [0.3, 0.4) is 0 Å². The molecule has 0 aromatic rings. The van der Waals surface area contributed by atoms with E-state index in [-0.39, 0.29) is 5.54 Å². The van der Waals surface area contributed by atoms with Crippen LogP contribution in [-0.2, 0) is 4.74 Å². The summed E-state index contributed by atoms with van der Waals surface area (Å²) in [6, 6.07) is 0. The smallest absolute Gasteiger partial charge is 0.0639 e. The second kappa shape index (κ2) is 5.56. The van der Waals surface area contributed by atoms with Gasteiger partial charge < -0.3 is 10.1 Å². The minimum atomic E-state index is 0.129. The third kappa shape index (κ3) is 6.32. The normalized spacial score (nSPS) is 12.0. The molecule has 0 bridgehead atoms. The molecule has 0 unspecified atom stereocenters. The van der Waals surface area contributed by atoms with Crippen molar-refractivity contribution in [2.75, 3.05) is 20.3 Å². The number of methoxy groups -OCH3 is 1. The number of hydrogen-bond acceptors (Lipinski definition) is 2. The zero-order valence-corrected chi connectivity index (χ0v) is 8.24. The lowest BCUT2D eigenvalue weighted by atomic mass is 10.1. The van der Waals surface area contributed by atoms with Crippen LogP contribution >= 0.6 is 0 Å². The van der Waals surface area contributed by atoms with Crippen molar-refractivity contribution in [3.8, 4) is 0 Å². The lowest BCUT2D eigenvalue weighted by molar-refractivity contribution is 0.128. The first-order valence-electron chi connectivity index (χ1n) is 4.36. The van der Waals surface area contributed by atoms with Crippen LogP contribution in [0.4, 0.5) is 0 Å². The molecule has 0 fully saturated rings. The maximum atomic E-state index is 5.07. The highest BCUT2D eigenvalue weighted by Gasteiger charge is 2.14. The van der Waals surface area contributed by atoms with Crippen LogP contribution < -0.4 is 5.32 Å². The molecule has 2 nitrogen and oxygen atoms in total. The summed E-state index contributed by atoms with van der Waals surface area (Å²) in [7, 11) is 1.74. The molecule has 0 rings (SSSR count). The number of nitrogens with one attached hydrogen (secondary N) is 1. The zero-order valence-electron chi connectivity index (χ0n) is 8.24. The van der Waals surface area contributed by atoms with Gasteiger partial charge in [0.25, 0.3) is 0 Å². The summed E-state index contributed by atoms with van der Waals surface area (Å²) in [6.45, 7) is 8.38. The Balaban J connectivity index is 3.38. The predicted octanol–water partition coefficient (Wildman–Crippen LogP) is 1.80. The number of rotatable bonds is 6. The van der Waals surface area contributed by atoms with E-state index in [1.165, 1.54) is 12.8 Å². The molecule has 0 amide bonds. The minimum absolute atomic E-state index is 0.129. The van der Waals surface area contributed by atoms with Crippen molar-refractivity contribution in [3.63, 3.8) is 0 Å². The minimum Gasteiger partial charge on any atom is -0.383 e. The van der Waals surface area contributed by atoms with Gasteiger partial charge in [0.15, 0.2) is 0 Å². The molecule has 0 saturated heterocycles. The Morgan fingerprint density at radius 2 is 2.00 bits per heavy atom. The van der Waals surface area contributed by atoms with Crippen LogP contribution in [0.1, 0.15) is 33.6 Å². The second-order valence-corrected chi connectivity index (χ2v) is 3.60. The lowest BCUT2D eigenvalue weighted by Crippen LogP contribution is -2.43. The van der Waals surface area contributed by atoms with E-state index in [2.05, 4.69) is 26.1 Å². The maximum absolute atomic E-state index is 5.07. The van der Waals surface area contributed by atoms with Gasteiger partial charge in [-0.15, -0.1) is 0 Å². The number of hydrogen-bond donors (Lipinski definition) is 1. The highest BCUT2D eigenvalue weighted by Crippen LogP contribution is 2.01. The van der Waals surface area contributed by atoms with Crippen LogP contribution in [-0.4, -0.2) is 25.8 Å². The van der Waals surface area contributed by atoms with E-state index < -0.39 is 0 Å². The number of unbranched alkanes of at least 4 members (excludes halogenated alkanes) is 1. The predicted molar refractivity (Wildman–Crippen MR) is 48.9 cm³/mol. The average molecular weight is 159 g/mol. The van der Waals surface area contributed by atoms with E-state index in [0.717, 1.165) is 13.2 Å². The quantitative estimate of drug-likeness (QED) is 0.597. The van der Waals surface area contributed by atoms with Crippen molar-refractivity contribution in [3.05, 3.63) is 0 Å². The summed E-state index contributed by atoms with van der Waals surface area (Å²) in [5, 5.41) is 3.44. The third-order valence-corrected chi connectivity index (χ3v) is 1.64. The summed E-state index contributed by atoms with van der Waals surface area (Å²) in [4.78, 5) is 0. The molecule has 0 aliphatic rings. The largest absolute Gasteiger partial charge is 0.383 e. The summed E-state index contributed by atoms with van der Waals surface area (Å²) in [5.41, 5.74) is 0.129. The monoisotopic (exact) mass is 159 g/mol. The van der Waals surface area contributed by atoms with Crippen LogP contribution in [0, 0.1) is 0 Å². The molecule has 0 heterocycles. The fourth-order valence-electron chi connectivity index (χ4n) is 1.02. The van der Waals surface area contributed by atoms with E-state index in [9.17, 15) is 0 Å². The third-order valence-electron chi connectivity index (χ3n) is 1.64. The van der Waals surface area contributed by atoms with Crippen molar-refractivity contribution in [2.24, 2.45) is 0 Å². The molecule has 0 saturated carbocycles. The fourth-order valence-corrected chi connectivity index (χ4v) is 1.02. The topological polar surface area (TPSA) is 21.3 Å². The van der Waals surface area contributed by atoms with Crippen molar-refractivity contribution >= 4 is 0 Å². The molecular formula is C9H21NO. The molecule has 0 spiro atoms. The Labute approximate surface area is 70.3 Å². The molecule has 0 radical (unpaired) electrons. The Bertz CT molecular complexity index is 91.6. The van der Waals surface area contributed by atoms with Gasteiger partial charge in [0.2, 0.25) is 0 Å². The Hall–Kier alpha value is -0.0800. The van der Waals surface area contributed by atoms with Gasteiger partial charge in [0.1, 0.15) is 0 Å². The Morgan fingerprint density at radius 3 is 2.45 bits per heavy atom.